The highest BCUT2D eigenvalue weighted by atomic mass is 16.5. The normalized spacial score (nSPS) is 10.8. The number of aryl methyl sites for hydroxylation is 1. The molecule has 0 unspecified atom stereocenters. The Balaban J connectivity index is 1.50. The van der Waals surface area contributed by atoms with E-state index in [1.165, 1.54) is 0 Å². The van der Waals surface area contributed by atoms with Gasteiger partial charge < -0.3 is 19.1 Å². The van der Waals surface area contributed by atoms with E-state index in [0.29, 0.717) is 39.0 Å². The van der Waals surface area contributed by atoms with Crippen LogP contribution in [0.1, 0.15) is 48.6 Å². The van der Waals surface area contributed by atoms with E-state index in [0.717, 1.165) is 41.0 Å². The van der Waals surface area contributed by atoms with Crippen LogP contribution >= 0.6 is 0 Å². The second kappa shape index (κ2) is 15.5. The van der Waals surface area contributed by atoms with E-state index >= 15 is 0 Å². The Hall–Kier alpha value is -4.32. The average molecular weight is 552 g/mol. The van der Waals surface area contributed by atoms with Crippen molar-refractivity contribution < 1.29 is 14.3 Å². The maximum atomic E-state index is 13.9. The van der Waals surface area contributed by atoms with Crippen LogP contribution in [0.3, 0.4) is 0 Å². The quantitative estimate of drug-likeness (QED) is 0.173. The fraction of sp³-hybridized carbons (Fsp3) is 0.314. The lowest BCUT2D eigenvalue weighted by molar-refractivity contribution is -0.141. The van der Waals surface area contributed by atoms with Crippen molar-refractivity contribution in [1.29, 1.82) is 0 Å². The minimum absolute atomic E-state index is 0.0247. The van der Waals surface area contributed by atoms with Gasteiger partial charge in [0.05, 0.1) is 20.2 Å². The van der Waals surface area contributed by atoms with Gasteiger partial charge in [-0.05, 0) is 53.8 Å². The Morgan fingerprint density at radius 1 is 0.756 bits per heavy atom. The van der Waals surface area contributed by atoms with E-state index in [1.807, 2.05) is 96.0 Å². The molecular formula is C35H41N3O3. The molecule has 0 atom stereocenters. The molecule has 0 saturated carbocycles. The summed E-state index contributed by atoms with van der Waals surface area (Å²) in [6.45, 7) is 4.37. The summed E-state index contributed by atoms with van der Waals surface area (Å²) in [5.41, 5.74) is 4.34. The molecule has 0 spiro atoms. The van der Waals surface area contributed by atoms with Crippen molar-refractivity contribution in [2.24, 2.45) is 0 Å². The van der Waals surface area contributed by atoms with E-state index < -0.39 is 0 Å². The smallest absolute Gasteiger partial charge is 0.242 e. The molecule has 0 fully saturated rings. The van der Waals surface area contributed by atoms with Crippen LogP contribution in [0.5, 0.6) is 5.75 Å². The molecule has 0 bridgehead atoms. The van der Waals surface area contributed by atoms with Gasteiger partial charge in [-0.3, -0.25) is 9.59 Å². The van der Waals surface area contributed by atoms with Crippen LogP contribution in [0.4, 0.5) is 0 Å². The van der Waals surface area contributed by atoms with Crippen molar-refractivity contribution in [3.63, 3.8) is 0 Å². The maximum absolute atomic E-state index is 13.9. The number of hydrogen-bond acceptors (Lipinski definition) is 3. The Kier molecular flexibility index (Phi) is 11.2. The zero-order valence-corrected chi connectivity index (χ0v) is 24.2. The number of methoxy groups -OCH3 is 1. The summed E-state index contributed by atoms with van der Waals surface area (Å²) < 4.78 is 7.57. The van der Waals surface area contributed by atoms with Gasteiger partial charge in [-0.1, -0.05) is 86.1 Å². The molecule has 0 aliphatic heterocycles. The van der Waals surface area contributed by atoms with Crippen LogP contribution < -0.4 is 4.74 Å². The molecule has 41 heavy (non-hydrogen) atoms. The molecular weight excluding hydrogens is 510 g/mol. The third kappa shape index (κ3) is 9.10. The lowest BCUT2D eigenvalue weighted by atomic mass is 10.1. The van der Waals surface area contributed by atoms with Crippen LogP contribution in [0.15, 0.2) is 103 Å². The van der Waals surface area contributed by atoms with Crippen molar-refractivity contribution in [3.05, 3.63) is 126 Å². The molecule has 0 radical (unpaired) electrons. The molecule has 0 N–H and O–H groups in total. The number of nitrogens with zero attached hydrogens (tertiary/aromatic N) is 3. The average Bonchev–Trinajstić information content (AvgIpc) is 3.44. The van der Waals surface area contributed by atoms with Crippen LogP contribution in [-0.4, -0.2) is 46.4 Å². The minimum atomic E-state index is -0.0489. The van der Waals surface area contributed by atoms with Crippen LogP contribution in [0, 0.1) is 0 Å². The predicted molar refractivity (Wildman–Crippen MR) is 163 cm³/mol. The topological polar surface area (TPSA) is 54.8 Å². The summed E-state index contributed by atoms with van der Waals surface area (Å²) in [6, 6.07) is 32.2. The number of amides is 2. The second-order valence-electron chi connectivity index (χ2n) is 10.4. The van der Waals surface area contributed by atoms with Crippen molar-refractivity contribution >= 4 is 11.8 Å². The molecule has 0 aliphatic rings. The third-order valence-corrected chi connectivity index (χ3v) is 7.26. The molecule has 1 aromatic heterocycles. The zero-order valence-electron chi connectivity index (χ0n) is 24.2. The predicted octanol–water partition coefficient (Wildman–Crippen LogP) is 6.34. The molecule has 6 heteroatoms. The van der Waals surface area contributed by atoms with E-state index in [-0.39, 0.29) is 18.4 Å². The third-order valence-electron chi connectivity index (χ3n) is 7.26. The van der Waals surface area contributed by atoms with Gasteiger partial charge in [0.25, 0.3) is 0 Å². The Labute approximate surface area is 244 Å². The number of ether oxygens (including phenoxy) is 1. The van der Waals surface area contributed by atoms with Gasteiger partial charge in [0.1, 0.15) is 5.75 Å². The summed E-state index contributed by atoms with van der Waals surface area (Å²) in [5, 5.41) is 0. The Bertz CT molecular complexity index is 1370. The molecule has 1 heterocycles. The molecule has 4 aromatic rings. The van der Waals surface area contributed by atoms with E-state index in [9.17, 15) is 9.59 Å². The standard InChI is InChI=1S/C35H41N3O3/c1-3-4-22-37(34(39)21-20-29-13-7-5-8-14-29)28-35(40)38(25-30-15-9-6-10-16-30)27-32-18-12-23-36(32)26-31-17-11-19-33(24-31)41-2/h5-19,23-24H,3-4,20-22,25-28H2,1-2H3. The number of unbranched alkanes of at least 4 members (excludes halogenated alkanes) is 1. The first kappa shape index (κ1) is 29.7. The highest BCUT2D eigenvalue weighted by Crippen LogP contribution is 2.17. The first-order valence-corrected chi connectivity index (χ1v) is 14.5. The molecule has 2 amide bonds. The van der Waals surface area contributed by atoms with Gasteiger partial charge >= 0.3 is 0 Å². The number of hydrogen-bond donors (Lipinski definition) is 0. The fourth-order valence-corrected chi connectivity index (χ4v) is 4.90. The van der Waals surface area contributed by atoms with Gasteiger partial charge in [-0.15, -0.1) is 0 Å². The van der Waals surface area contributed by atoms with Gasteiger partial charge in [-0.25, -0.2) is 0 Å². The molecule has 6 nitrogen and oxygen atoms in total. The van der Waals surface area contributed by atoms with E-state index in [2.05, 4.69) is 23.6 Å². The molecule has 3 aromatic carbocycles. The first-order chi connectivity index (χ1) is 20.1. The monoisotopic (exact) mass is 551 g/mol. The summed E-state index contributed by atoms with van der Waals surface area (Å²) >= 11 is 0. The maximum Gasteiger partial charge on any atom is 0.242 e. The summed E-state index contributed by atoms with van der Waals surface area (Å²) in [6.07, 6.45) is 4.93. The number of carbonyl (C=O) groups excluding carboxylic acids is 2. The van der Waals surface area contributed by atoms with Crippen LogP contribution in [0.2, 0.25) is 0 Å². The lowest BCUT2D eigenvalue weighted by Gasteiger charge is -2.28. The second-order valence-corrected chi connectivity index (χ2v) is 10.4. The number of rotatable bonds is 15. The van der Waals surface area contributed by atoms with Gasteiger partial charge in [0, 0.05) is 37.9 Å². The van der Waals surface area contributed by atoms with E-state index in [4.69, 9.17) is 4.74 Å². The van der Waals surface area contributed by atoms with Gasteiger partial charge in [0.15, 0.2) is 0 Å². The Morgan fingerprint density at radius 2 is 1.46 bits per heavy atom. The largest absolute Gasteiger partial charge is 0.497 e. The Morgan fingerprint density at radius 3 is 2.17 bits per heavy atom. The van der Waals surface area contributed by atoms with Gasteiger partial charge in [-0.2, -0.15) is 0 Å². The van der Waals surface area contributed by atoms with Crippen LogP contribution in [-0.2, 0) is 35.6 Å². The molecule has 4 rings (SSSR count). The van der Waals surface area contributed by atoms with E-state index in [1.54, 1.807) is 12.0 Å². The van der Waals surface area contributed by atoms with Gasteiger partial charge in [0.2, 0.25) is 11.8 Å². The van der Waals surface area contributed by atoms with Crippen molar-refractivity contribution in [3.8, 4) is 5.75 Å². The van der Waals surface area contributed by atoms with Crippen molar-refractivity contribution in [2.75, 3.05) is 20.2 Å². The highest BCUT2D eigenvalue weighted by Gasteiger charge is 2.22. The highest BCUT2D eigenvalue weighted by molar-refractivity contribution is 5.85. The number of benzene rings is 3. The fourth-order valence-electron chi connectivity index (χ4n) is 4.90. The van der Waals surface area contributed by atoms with Crippen LogP contribution in [0.25, 0.3) is 0 Å². The molecule has 0 aliphatic carbocycles. The van der Waals surface area contributed by atoms with Crippen molar-refractivity contribution in [1.82, 2.24) is 14.4 Å². The summed E-state index contributed by atoms with van der Waals surface area (Å²) in [4.78, 5) is 30.8. The molecule has 0 saturated heterocycles. The molecule has 214 valence electrons. The zero-order chi connectivity index (χ0) is 28.9. The number of carbonyl (C=O) groups is 2. The summed E-state index contributed by atoms with van der Waals surface area (Å²) in [5.74, 6) is 0.796. The minimum Gasteiger partial charge on any atom is -0.497 e. The van der Waals surface area contributed by atoms with Crippen molar-refractivity contribution in [2.45, 2.75) is 52.2 Å². The first-order valence-electron chi connectivity index (χ1n) is 14.5. The number of aromatic nitrogens is 1. The SMILES string of the molecule is CCCCN(CC(=O)N(Cc1ccccc1)Cc1cccn1Cc1cccc(OC)c1)C(=O)CCc1ccccc1. The summed E-state index contributed by atoms with van der Waals surface area (Å²) in [7, 11) is 1.67. The lowest BCUT2D eigenvalue weighted by Crippen LogP contribution is -2.43.